The van der Waals surface area contributed by atoms with Gasteiger partial charge < -0.3 is 5.32 Å². The zero-order valence-electron chi connectivity index (χ0n) is 16.4. The normalized spacial score (nSPS) is 16.0. The smallest absolute Gasteiger partial charge is 0.269 e. The van der Waals surface area contributed by atoms with E-state index in [-0.39, 0.29) is 16.5 Å². The molecule has 0 saturated carbocycles. The minimum atomic E-state index is -3.54. The Labute approximate surface area is 179 Å². The maximum atomic E-state index is 12.7. The molecule has 30 heavy (non-hydrogen) atoms. The van der Waals surface area contributed by atoms with Gasteiger partial charge in [-0.25, -0.2) is 13.4 Å². The first-order valence-electron chi connectivity index (χ1n) is 9.45. The largest absolute Gasteiger partial charge is 0.325 e. The SMILES string of the molecule is CC(Sc1ccc(S(=O)(=O)N2CCCCC2)cn1)C(=O)Nc1ccc([N+](=O)[O-])cc1. The van der Waals surface area contributed by atoms with Crippen molar-refractivity contribution in [3.63, 3.8) is 0 Å². The van der Waals surface area contributed by atoms with Gasteiger partial charge >= 0.3 is 0 Å². The fourth-order valence-electron chi connectivity index (χ4n) is 2.99. The molecule has 1 unspecified atom stereocenters. The van der Waals surface area contributed by atoms with Crippen LogP contribution in [0.1, 0.15) is 26.2 Å². The molecular weight excluding hydrogens is 428 g/mol. The van der Waals surface area contributed by atoms with Gasteiger partial charge in [-0.05, 0) is 44.0 Å². The summed E-state index contributed by atoms with van der Waals surface area (Å²) in [7, 11) is -3.54. The van der Waals surface area contributed by atoms with Crippen LogP contribution in [0, 0.1) is 10.1 Å². The number of carbonyl (C=O) groups is 1. The van der Waals surface area contributed by atoms with Crippen molar-refractivity contribution < 1.29 is 18.1 Å². The van der Waals surface area contributed by atoms with Gasteiger partial charge in [0.05, 0.1) is 15.2 Å². The molecule has 2 aromatic rings. The van der Waals surface area contributed by atoms with E-state index in [1.165, 1.54) is 52.6 Å². The zero-order chi connectivity index (χ0) is 21.7. The van der Waals surface area contributed by atoms with Crippen molar-refractivity contribution in [3.8, 4) is 0 Å². The van der Waals surface area contributed by atoms with Gasteiger partial charge in [-0.1, -0.05) is 18.2 Å². The molecule has 9 nitrogen and oxygen atoms in total. The number of anilines is 1. The molecule has 1 aromatic heterocycles. The minimum absolute atomic E-state index is 0.0563. The highest BCUT2D eigenvalue weighted by Crippen LogP contribution is 2.25. The fourth-order valence-corrected chi connectivity index (χ4v) is 5.24. The van der Waals surface area contributed by atoms with Crippen molar-refractivity contribution in [2.24, 2.45) is 0 Å². The molecule has 1 aliphatic heterocycles. The summed E-state index contributed by atoms with van der Waals surface area (Å²) < 4.78 is 26.8. The number of benzene rings is 1. The number of thioether (sulfide) groups is 1. The summed E-state index contributed by atoms with van der Waals surface area (Å²) in [6.07, 6.45) is 4.09. The van der Waals surface area contributed by atoms with Gasteiger partial charge in [0.25, 0.3) is 5.69 Å². The third kappa shape index (κ3) is 5.35. The predicted octanol–water partition coefficient (Wildman–Crippen LogP) is 3.28. The molecule has 160 valence electrons. The van der Waals surface area contributed by atoms with Crippen LogP contribution in [0.15, 0.2) is 52.5 Å². The summed E-state index contributed by atoms with van der Waals surface area (Å²) in [5.41, 5.74) is 0.396. The van der Waals surface area contributed by atoms with E-state index in [1.54, 1.807) is 13.0 Å². The van der Waals surface area contributed by atoms with Gasteiger partial charge in [0, 0.05) is 37.1 Å². The van der Waals surface area contributed by atoms with Crippen LogP contribution in [-0.4, -0.2) is 46.9 Å². The lowest BCUT2D eigenvalue weighted by Crippen LogP contribution is -2.35. The van der Waals surface area contributed by atoms with E-state index in [9.17, 15) is 23.3 Å². The number of nitrogens with one attached hydrogen (secondary N) is 1. The van der Waals surface area contributed by atoms with Crippen LogP contribution in [0.4, 0.5) is 11.4 Å². The summed E-state index contributed by atoms with van der Waals surface area (Å²) in [6, 6.07) is 8.67. The van der Waals surface area contributed by atoms with E-state index in [2.05, 4.69) is 10.3 Å². The second kappa shape index (κ2) is 9.54. The number of rotatable bonds is 7. The number of pyridine rings is 1. The molecule has 3 rings (SSSR count). The van der Waals surface area contributed by atoms with Gasteiger partial charge in [0.2, 0.25) is 15.9 Å². The molecule has 1 fully saturated rings. The Morgan fingerprint density at radius 1 is 1.17 bits per heavy atom. The molecule has 1 atom stereocenters. The molecule has 1 aliphatic rings. The number of piperidine rings is 1. The number of nitrogens with zero attached hydrogens (tertiary/aromatic N) is 3. The van der Waals surface area contributed by atoms with E-state index in [0.717, 1.165) is 19.3 Å². The summed E-state index contributed by atoms with van der Waals surface area (Å²) in [4.78, 5) is 26.9. The maximum absolute atomic E-state index is 12.7. The van der Waals surface area contributed by atoms with Gasteiger partial charge in [-0.3, -0.25) is 14.9 Å². The quantitative estimate of drug-likeness (QED) is 0.390. The third-order valence-electron chi connectivity index (χ3n) is 4.67. The Morgan fingerprint density at radius 2 is 1.83 bits per heavy atom. The molecular formula is C19H22N4O5S2. The third-order valence-corrected chi connectivity index (χ3v) is 7.61. The fraction of sp³-hybridized carbons (Fsp3) is 0.368. The highest BCUT2D eigenvalue weighted by atomic mass is 32.2. The highest BCUT2D eigenvalue weighted by Gasteiger charge is 2.26. The average molecular weight is 451 g/mol. The Morgan fingerprint density at radius 3 is 2.40 bits per heavy atom. The first-order valence-corrected chi connectivity index (χ1v) is 11.8. The monoisotopic (exact) mass is 450 g/mol. The molecule has 0 bridgehead atoms. The molecule has 11 heteroatoms. The Bertz CT molecular complexity index is 1000. The van der Waals surface area contributed by atoms with Crippen LogP contribution < -0.4 is 5.32 Å². The molecule has 0 spiro atoms. The van der Waals surface area contributed by atoms with Gasteiger partial charge in [-0.15, -0.1) is 0 Å². The van der Waals surface area contributed by atoms with E-state index in [0.29, 0.717) is 23.8 Å². The van der Waals surface area contributed by atoms with Crippen LogP contribution in [0.3, 0.4) is 0 Å². The van der Waals surface area contributed by atoms with Crippen molar-refractivity contribution in [3.05, 3.63) is 52.7 Å². The lowest BCUT2D eigenvalue weighted by molar-refractivity contribution is -0.384. The molecule has 2 heterocycles. The van der Waals surface area contributed by atoms with E-state index in [1.807, 2.05) is 0 Å². The summed E-state index contributed by atoms with van der Waals surface area (Å²) in [5, 5.41) is 13.4. The number of nitro groups is 1. The Kier molecular flexibility index (Phi) is 7.06. The number of aromatic nitrogens is 1. The van der Waals surface area contributed by atoms with Crippen LogP contribution in [-0.2, 0) is 14.8 Å². The highest BCUT2D eigenvalue weighted by molar-refractivity contribution is 8.00. The lowest BCUT2D eigenvalue weighted by atomic mass is 10.2. The molecule has 1 amide bonds. The Hall–Kier alpha value is -2.50. The van der Waals surface area contributed by atoms with E-state index >= 15 is 0 Å². The number of non-ortho nitro benzene ring substituents is 1. The summed E-state index contributed by atoms with van der Waals surface area (Å²) in [6.45, 7) is 2.75. The second-order valence-corrected chi connectivity index (χ2v) is 10.1. The first-order chi connectivity index (χ1) is 14.3. The standard InChI is InChI=1S/C19H22N4O5S2/c1-14(19(24)21-15-5-7-16(8-6-15)23(25)26)29-18-10-9-17(13-20-18)30(27,28)22-11-3-2-4-12-22/h5-10,13-14H,2-4,11-12H2,1H3,(H,21,24). The molecule has 0 radical (unpaired) electrons. The lowest BCUT2D eigenvalue weighted by Gasteiger charge is -2.25. The molecule has 1 saturated heterocycles. The zero-order valence-corrected chi connectivity index (χ0v) is 18.0. The van der Waals surface area contributed by atoms with Gasteiger partial charge in [-0.2, -0.15) is 4.31 Å². The second-order valence-electron chi connectivity index (χ2n) is 6.85. The summed E-state index contributed by atoms with van der Waals surface area (Å²) >= 11 is 1.19. The van der Waals surface area contributed by atoms with Gasteiger partial charge in [0.15, 0.2) is 0 Å². The number of amides is 1. The van der Waals surface area contributed by atoms with Crippen molar-refractivity contribution in [2.45, 2.75) is 41.4 Å². The summed E-state index contributed by atoms with van der Waals surface area (Å²) in [5.74, 6) is -0.291. The van der Waals surface area contributed by atoms with Crippen molar-refractivity contribution in [1.29, 1.82) is 0 Å². The number of nitro benzene ring substituents is 1. The first kappa shape index (κ1) is 22.2. The molecule has 0 aliphatic carbocycles. The number of sulfonamides is 1. The van der Waals surface area contributed by atoms with Crippen molar-refractivity contribution >= 4 is 39.1 Å². The van der Waals surface area contributed by atoms with Crippen LogP contribution >= 0.6 is 11.8 Å². The number of carbonyl (C=O) groups excluding carboxylic acids is 1. The topological polar surface area (TPSA) is 123 Å². The van der Waals surface area contributed by atoms with Crippen LogP contribution in [0.2, 0.25) is 0 Å². The average Bonchev–Trinajstić information content (AvgIpc) is 2.75. The van der Waals surface area contributed by atoms with Crippen LogP contribution in [0.5, 0.6) is 0 Å². The van der Waals surface area contributed by atoms with Crippen molar-refractivity contribution in [1.82, 2.24) is 9.29 Å². The molecule has 1 aromatic carbocycles. The predicted molar refractivity (Wildman–Crippen MR) is 114 cm³/mol. The number of hydrogen-bond donors (Lipinski definition) is 1. The van der Waals surface area contributed by atoms with Crippen LogP contribution in [0.25, 0.3) is 0 Å². The van der Waals surface area contributed by atoms with Crippen molar-refractivity contribution in [2.75, 3.05) is 18.4 Å². The van der Waals surface area contributed by atoms with E-state index < -0.39 is 20.2 Å². The Balaban J connectivity index is 1.60. The maximum Gasteiger partial charge on any atom is 0.269 e. The minimum Gasteiger partial charge on any atom is -0.325 e. The van der Waals surface area contributed by atoms with Gasteiger partial charge in [0.1, 0.15) is 4.90 Å². The van der Waals surface area contributed by atoms with E-state index in [4.69, 9.17) is 0 Å². The number of hydrogen-bond acceptors (Lipinski definition) is 7. The molecule has 1 N–H and O–H groups in total.